The van der Waals surface area contributed by atoms with E-state index in [2.05, 4.69) is 17.4 Å². The molecule has 0 atom stereocenters. The highest BCUT2D eigenvalue weighted by molar-refractivity contribution is 7.18. The molecule has 0 saturated heterocycles. The lowest BCUT2D eigenvalue weighted by molar-refractivity contribution is -0.119. The first kappa shape index (κ1) is 18.9. The molecule has 1 N–H and O–H groups in total. The molecule has 2 heterocycles. The number of hydrogen-bond acceptors (Lipinski definition) is 4. The van der Waals surface area contributed by atoms with Gasteiger partial charge in [-0.2, -0.15) is 0 Å². The van der Waals surface area contributed by atoms with Crippen molar-refractivity contribution >= 4 is 33.1 Å². The zero-order valence-corrected chi connectivity index (χ0v) is 16.9. The Morgan fingerprint density at radius 1 is 1.18 bits per heavy atom. The summed E-state index contributed by atoms with van der Waals surface area (Å²) < 4.78 is 2.69. The summed E-state index contributed by atoms with van der Waals surface area (Å²) in [6.45, 7) is 0. The molecule has 1 aromatic carbocycles. The Bertz CT molecular complexity index is 1010. The average Bonchev–Trinajstić information content (AvgIpc) is 3.07. The van der Waals surface area contributed by atoms with Crippen molar-refractivity contribution in [1.29, 1.82) is 0 Å². The Morgan fingerprint density at radius 3 is 2.71 bits per heavy atom. The van der Waals surface area contributed by atoms with Gasteiger partial charge in [0, 0.05) is 32.2 Å². The van der Waals surface area contributed by atoms with Gasteiger partial charge in [0.15, 0.2) is 0 Å². The summed E-state index contributed by atoms with van der Waals surface area (Å²) in [4.78, 5) is 29.2. The van der Waals surface area contributed by atoms with E-state index in [0.717, 1.165) is 42.6 Å². The smallest absolute Gasteiger partial charge is 0.250 e. The van der Waals surface area contributed by atoms with E-state index in [-0.39, 0.29) is 16.9 Å². The molecule has 1 amide bonds. The van der Waals surface area contributed by atoms with Gasteiger partial charge in [-0.3, -0.25) is 9.59 Å². The van der Waals surface area contributed by atoms with E-state index in [1.54, 1.807) is 30.6 Å². The SMILES string of the molecule is Cn1cc(NC(=O)CC2(Cc3nc4ccccc4s3)CCCCC2)ccc1=O. The number of rotatable bonds is 5. The molecule has 1 saturated carbocycles. The quantitative estimate of drug-likeness (QED) is 0.691. The lowest BCUT2D eigenvalue weighted by Gasteiger charge is -2.36. The number of amides is 1. The first-order valence-electron chi connectivity index (χ1n) is 9.84. The van der Waals surface area contributed by atoms with Crippen LogP contribution in [-0.2, 0) is 18.3 Å². The van der Waals surface area contributed by atoms with Crippen molar-refractivity contribution in [2.24, 2.45) is 12.5 Å². The fraction of sp³-hybridized carbons (Fsp3) is 0.409. The number of aryl methyl sites for hydroxylation is 1. The number of benzene rings is 1. The molecule has 1 fully saturated rings. The molecule has 3 aromatic rings. The van der Waals surface area contributed by atoms with E-state index in [0.29, 0.717) is 12.1 Å². The van der Waals surface area contributed by atoms with E-state index in [1.807, 2.05) is 12.1 Å². The highest BCUT2D eigenvalue weighted by atomic mass is 32.1. The summed E-state index contributed by atoms with van der Waals surface area (Å²) in [5, 5.41) is 4.10. The van der Waals surface area contributed by atoms with Gasteiger partial charge in [-0.05, 0) is 36.5 Å². The lowest BCUT2D eigenvalue weighted by atomic mass is 9.69. The number of anilines is 1. The van der Waals surface area contributed by atoms with Gasteiger partial charge >= 0.3 is 0 Å². The summed E-state index contributed by atoms with van der Waals surface area (Å²) in [5.41, 5.74) is 1.59. The van der Waals surface area contributed by atoms with Crippen LogP contribution >= 0.6 is 11.3 Å². The third kappa shape index (κ3) is 4.17. The van der Waals surface area contributed by atoms with Crippen LogP contribution in [-0.4, -0.2) is 15.5 Å². The number of carbonyl (C=O) groups is 1. The van der Waals surface area contributed by atoms with Crippen LogP contribution in [0.2, 0.25) is 0 Å². The van der Waals surface area contributed by atoms with Gasteiger partial charge < -0.3 is 9.88 Å². The first-order chi connectivity index (χ1) is 13.5. The molecule has 28 heavy (non-hydrogen) atoms. The van der Waals surface area contributed by atoms with Crippen molar-refractivity contribution in [3.8, 4) is 0 Å². The number of nitrogens with one attached hydrogen (secondary N) is 1. The number of nitrogens with zero attached hydrogens (tertiary/aromatic N) is 2. The van der Waals surface area contributed by atoms with Crippen LogP contribution < -0.4 is 10.9 Å². The zero-order chi connectivity index (χ0) is 19.6. The summed E-state index contributed by atoms with van der Waals surface area (Å²) in [6.07, 6.45) is 8.70. The van der Waals surface area contributed by atoms with Crippen molar-refractivity contribution in [2.45, 2.75) is 44.9 Å². The maximum absolute atomic E-state index is 12.8. The van der Waals surface area contributed by atoms with Gasteiger partial charge in [-0.1, -0.05) is 31.4 Å². The molecular weight excluding hydrogens is 370 g/mol. The van der Waals surface area contributed by atoms with Crippen LogP contribution in [0.3, 0.4) is 0 Å². The van der Waals surface area contributed by atoms with Gasteiger partial charge in [0.1, 0.15) is 0 Å². The number of pyridine rings is 1. The molecule has 146 valence electrons. The highest BCUT2D eigenvalue weighted by Gasteiger charge is 2.35. The van der Waals surface area contributed by atoms with E-state index >= 15 is 0 Å². The van der Waals surface area contributed by atoms with Crippen LogP contribution in [0, 0.1) is 5.41 Å². The molecule has 0 unspecified atom stereocenters. The van der Waals surface area contributed by atoms with Gasteiger partial charge in [-0.25, -0.2) is 4.98 Å². The third-order valence-electron chi connectivity index (χ3n) is 5.68. The monoisotopic (exact) mass is 395 g/mol. The predicted octanol–water partition coefficient (Wildman–Crippen LogP) is 4.52. The van der Waals surface area contributed by atoms with E-state index < -0.39 is 0 Å². The summed E-state index contributed by atoms with van der Waals surface area (Å²) >= 11 is 1.74. The Morgan fingerprint density at radius 2 is 1.96 bits per heavy atom. The number of para-hydroxylation sites is 1. The van der Waals surface area contributed by atoms with Crippen LogP contribution in [0.4, 0.5) is 5.69 Å². The highest BCUT2D eigenvalue weighted by Crippen LogP contribution is 2.43. The van der Waals surface area contributed by atoms with Gasteiger partial charge in [0.25, 0.3) is 0 Å². The van der Waals surface area contributed by atoms with E-state index in [1.165, 1.54) is 21.8 Å². The molecule has 0 aliphatic heterocycles. The molecule has 1 aliphatic carbocycles. The van der Waals surface area contributed by atoms with Gasteiger partial charge in [0.2, 0.25) is 11.5 Å². The molecule has 0 spiro atoms. The number of aromatic nitrogens is 2. The van der Waals surface area contributed by atoms with Gasteiger partial charge in [0.05, 0.1) is 20.9 Å². The Hall–Kier alpha value is -2.47. The molecule has 4 rings (SSSR count). The molecule has 1 aliphatic rings. The maximum atomic E-state index is 12.8. The summed E-state index contributed by atoms with van der Waals surface area (Å²) in [5.74, 6) is 0.0154. The largest absolute Gasteiger partial charge is 0.325 e. The predicted molar refractivity (Wildman–Crippen MR) is 114 cm³/mol. The molecule has 2 aromatic heterocycles. The molecule has 6 heteroatoms. The Labute approximate surface area is 168 Å². The second-order valence-electron chi connectivity index (χ2n) is 7.90. The molecule has 5 nitrogen and oxygen atoms in total. The molecular formula is C22H25N3O2S. The minimum atomic E-state index is -0.0856. The third-order valence-corrected chi connectivity index (χ3v) is 6.72. The zero-order valence-electron chi connectivity index (χ0n) is 16.1. The average molecular weight is 396 g/mol. The van der Waals surface area contributed by atoms with Crippen molar-refractivity contribution in [1.82, 2.24) is 9.55 Å². The first-order valence-corrected chi connectivity index (χ1v) is 10.7. The Balaban J connectivity index is 1.52. The lowest BCUT2D eigenvalue weighted by Crippen LogP contribution is -2.32. The van der Waals surface area contributed by atoms with Crippen molar-refractivity contribution in [3.05, 3.63) is 58.0 Å². The normalized spacial score (nSPS) is 16.2. The van der Waals surface area contributed by atoms with Crippen LogP contribution in [0.15, 0.2) is 47.4 Å². The number of hydrogen-bond donors (Lipinski definition) is 1. The summed E-state index contributed by atoms with van der Waals surface area (Å²) in [7, 11) is 1.69. The second kappa shape index (κ2) is 7.87. The standard InChI is InChI=1S/C22H25N3O2S/c1-25-15-16(9-10-21(25)27)23-19(26)13-22(11-5-2-6-12-22)14-20-24-17-7-3-4-8-18(17)28-20/h3-4,7-10,15H,2,5-6,11-14H2,1H3,(H,23,26). The number of thiazole rings is 1. The minimum absolute atomic E-state index is 0.0154. The van der Waals surface area contributed by atoms with Crippen molar-refractivity contribution in [2.75, 3.05) is 5.32 Å². The maximum Gasteiger partial charge on any atom is 0.250 e. The van der Waals surface area contributed by atoms with Crippen molar-refractivity contribution in [3.63, 3.8) is 0 Å². The van der Waals surface area contributed by atoms with E-state index in [4.69, 9.17) is 4.98 Å². The van der Waals surface area contributed by atoms with E-state index in [9.17, 15) is 9.59 Å². The fourth-order valence-electron chi connectivity index (χ4n) is 4.25. The topological polar surface area (TPSA) is 64.0 Å². The number of fused-ring (bicyclic) bond motifs is 1. The second-order valence-corrected chi connectivity index (χ2v) is 9.02. The van der Waals surface area contributed by atoms with Crippen molar-refractivity contribution < 1.29 is 4.79 Å². The molecule has 0 bridgehead atoms. The van der Waals surface area contributed by atoms with Gasteiger partial charge in [-0.15, -0.1) is 11.3 Å². The summed E-state index contributed by atoms with van der Waals surface area (Å²) in [6, 6.07) is 11.4. The molecule has 0 radical (unpaired) electrons. The fourth-order valence-corrected chi connectivity index (χ4v) is 5.39. The van der Waals surface area contributed by atoms with Crippen LogP contribution in [0.5, 0.6) is 0 Å². The van der Waals surface area contributed by atoms with Crippen LogP contribution in [0.1, 0.15) is 43.5 Å². The number of carbonyl (C=O) groups excluding carboxylic acids is 1. The van der Waals surface area contributed by atoms with Crippen LogP contribution in [0.25, 0.3) is 10.2 Å². The Kier molecular flexibility index (Phi) is 5.31. The minimum Gasteiger partial charge on any atom is -0.325 e.